The van der Waals surface area contributed by atoms with Gasteiger partial charge in [-0.1, -0.05) is 218 Å². The standard InChI is InChI=1S/C66H45N3Si/c1-5-23-46(24-6-1)51-31-13-17-36-57(51)69-60-39-20-16-34-54(60)55-35-21-41-63(66(55)69)68-61-44-43-47(67-58-37-18-14-32-52(58)53-33-15-19-38-59(53)67)45-56(61)65-62(68)40-22-42-64(65)70(48-25-7-2-8-26-48,49-27-9-3-10-28-49)50-29-11-4-12-30-50/h1-45H. The Hall–Kier alpha value is -8.96. The van der Waals surface area contributed by atoms with Gasteiger partial charge in [-0.15, -0.1) is 0 Å². The Balaban J connectivity index is 1.17. The van der Waals surface area contributed by atoms with Crippen LogP contribution in [0.25, 0.3) is 93.6 Å². The maximum atomic E-state index is 2.58. The Kier molecular flexibility index (Phi) is 9.23. The van der Waals surface area contributed by atoms with Crippen molar-refractivity contribution in [3.63, 3.8) is 0 Å². The SMILES string of the molecule is c1ccc(-c2ccccc2-n2c3ccccc3c3cccc(-n4c5ccc(-n6c7ccccc7c7ccccc76)cc5c5c([Si](c6ccccc6)(c6ccccc6)c6ccccc6)cccc54)c32)cc1. The molecule has 0 amide bonds. The largest absolute Gasteiger partial charge is 0.309 e. The molecule has 11 aromatic carbocycles. The first kappa shape index (κ1) is 40.1. The molecule has 0 atom stereocenters. The molecule has 0 fully saturated rings. The van der Waals surface area contributed by atoms with E-state index in [0.717, 1.165) is 22.6 Å². The summed E-state index contributed by atoms with van der Waals surface area (Å²) in [4.78, 5) is 0. The van der Waals surface area contributed by atoms with Gasteiger partial charge in [0, 0.05) is 43.6 Å². The van der Waals surface area contributed by atoms with E-state index >= 15 is 0 Å². The Morgan fingerprint density at radius 1 is 0.271 bits per heavy atom. The minimum absolute atomic E-state index is 1.13. The van der Waals surface area contributed by atoms with Crippen molar-refractivity contribution in [3.8, 4) is 28.2 Å². The zero-order valence-electron chi connectivity index (χ0n) is 38.3. The smallest absolute Gasteiger partial charge is 0.180 e. The topological polar surface area (TPSA) is 14.8 Å². The summed E-state index contributed by atoms with van der Waals surface area (Å²) in [6, 6.07) is 102. The lowest BCUT2D eigenvalue weighted by atomic mass is 10.0. The molecule has 14 aromatic rings. The van der Waals surface area contributed by atoms with Gasteiger partial charge in [0.05, 0.1) is 44.5 Å². The molecule has 3 heterocycles. The van der Waals surface area contributed by atoms with E-state index < -0.39 is 8.07 Å². The van der Waals surface area contributed by atoms with Crippen molar-refractivity contribution >= 4 is 94.2 Å². The van der Waals surface area contributed by atoms with Crippen LogP contribution >= 0.6 is 0 Å². The molecule has 70 heavy (non-hydrogen) atoms. The first-order valence-corrected chi connectivity index (χ1v) is 26.2. The predicted molar refractivity (Wildman–Crippen MR) is 299 cm³/mol. The molecule has 0 unspecified atom stereocenters. The maximum Gasteiger partial charge on any atom is 0.180 e. The van der Waals surface area contributed by atoms with Crippen LogP contribution in [0.15, 0.2) is 273 Å². The van der Waals surface area contributed by atoms with Gasteiger partial charge < -0.3 is 13.7 Å². The van der Waals surface area contributed by atoms with Gasteiger partial charge in [0.15, 0.2) is 8.07 Å². The average molecular weight is 908 g/mol. The zero-order valence-corrected chi connectivity index (χ0v) is 39.3. The Morgan fingerprint density at radius 2 is 0.714 bits per heavy atom. The van der Waals surface area contributed by atoms with Gasteiger partial charge in [-0.25, -0.2) is 0 Å². The number of fused-ring (bicyclic) bond motifs is 9. The van der Waals surface area contributed by atoms with Gasteiger partial charge in [-0.05, 0) is 80.9 Å². The second-order valence-electron chi connectivity index (χ2n) is 18.4. The van der Waals surface area contributed by atoms with Crippen LogP contribution in [0.5, 0.6) is 0 Å². The molecular weight excluding hydrogens is 863 g/mol. The molecular formula is C66H45N3Si. The number of para-hydroxylation sites is 5. The third-order valence-electron chi connectivity index (χ3n) is 14.8. The quantitative estimate of drug-likeness (QED) is 0.107. The highest BCUT2D eigenvalue weighted by molar-refractivity contribution is 7.20. The van der Waals surface area contributed by atoms with E-state index in [2.05, 4.69) is 287 Å². The molecule has 4 heteroatoms. The molecule has 0 saturated carbocycles. The van der Waals surface area contributed by atoms with E-state index in [1.54, 1.807) is 0 Å². The number of hydrogen-bond acceptors (Lipinski definition) is 0. The Labute approximate surface area is 407 Å². The number of aromatic nitrogens is 3. The third-order valence-corrected chi connectivity index (χ3v) is 19.6. The van der Waals surface area contributed by atoms with Crippen LogP contribution in [0.4, 0.5) is 0 Å². The number of hydrogen-bond donors (Lipinski definition) is 0. The summed E-state index contributed by atoms with van der Waals surface area (Å²) in [6.45, 7) is 0. The molecule has 3 nitrogen and oxygen atoms in total. The number of rotatable bonds is 8. The molecule has 0 aliphatic rings. The normalized spacial score (nSPS) is 12.0. The molecule has 0 aliphatic carbocycles. The molecule has 3 aromatic heterocycles. The van der Waals surface area contributed by atoms with Crippen LogP contribution in [-0.2, 0) is 0 Å². The monoisotopic (exact) mass is 907 g/mol. The molecule has 14 rings (SSSR count). The summed E-state index contributed by atoms with van der Waals surface area (Å²) in [7, 11) is -3.05. The van der Waals surface area contributed by atoms with E-state index in [1.165, 1.54) is 91.8 Å². The second kappa shape index (κ2) is 16.1. The van der Waals surface area contributed by atoms with Crippen LogP contribution in [-0.4, -0.2) is 21.8 Å². The summed E-state index contributed by atoms with van der Waals surface area (Å²) in [6.07, 6.45) is 0. The maximum absolute atomic E-state index is 3.05. The number of benzene rings is 11. The lowest BCUT2D eigenvalue weighted by Crippen LogP contribution is -2.74. The van der Waals surface area contributed by atoms with E-state index in [1.807, 2.05) is 0 Å². The van der Waals surface area contributed by atoms with Crippen molar-refractivity contribution in [1.29, 1.82) is 0 Å². The molecule has 0 aliphatic heterocycles. The molecule has 0 saturated heterocycles. The highest BCUT2D eigenvalue weighted by Crippen LogP contribution is 2.42. The van der Waals surface area contributed by atoms with E-state index in [-0.39, 0.29) is 0 Å². The van der Waals surface area contributed by atoms with Gasteiger partial charge in [-0.3, -0.25) is 0 Å². The van der Waals surface area contributed by atoms with Crippen molar-refractivity contribution in [2.24, 2.45) is 0 Å². The highest BCUT2D eigenvalue weighted by atomic mass is 28.3. The fraction of sp³-hybridized carbons (Fsp3) is 0. The van der Waals surface area contributed by atoms with Crippen LogP contribution in [0, 0.1) is 0 Å². The Morgan fingerprint density at radius 3 is 1.33 bits per heavy atom. The summed E-state index contributed by atoms with van der Waals surface area (Å²) in [5.74, 6) is 0. The second-order valence-corrected chi connectivity index (χ2v) is 22.1. The van der Waals surface area contributed by atoms with Gasteiger partial charge in [0.25, 0.3) is 0 Å². The van der Waals surface area contributed by atoms with Crippen LogP contribution in [0.1, 0.15) is 0 Å². The highest BCUT2D eigenvalue weighted by Gasteiger charge is 2.43. The average Bonchev–Trinajstić information content (AvgIpc) is 4.08. The molecule has 0 N–H and O–H groups in total. The van der Waals surface area contributed by atoms with Gasteiger partial charge in [0.1, 0.15) is 0 Å². The number of nitrogens with zero attached hydrogens (tertiary/aromatic N) is 3. The van der Waals surface area contributed by atoms with Crippen molar-refractivity contribution in [3.05, 3.63) is 273 Å². The van der Waals surface area contributed by atoms with E-state index in [4.69, 9.17) is 0 Å². The summed E-state index contributed by atoms with van der Waals surface area (Å²) >= 11 is 0. The van der Waals surface area contributed by atoms with Crippen LogP contribution < -0.4 is 20.7 Å². The van der Waals surface area contributed by atoms with Crippen LogP contribution in [0.3, 0.4) is 0 Å². The fourth-order valence-electron chi connectivity index (χ4n) is 12.0. The van der Waals surface area contributed by atoms with Crippen molar-refractivity contribution in [2.75, 3.05) is 0 Å². The van der Waals surface area contributed by atoms with Crippen molar-refractivity contribution in [1.82, 2.24) is 13.7 Å². The minimum Gasteiger partial charge on any atom is -0.309 e. The van der Waals surface area contributed by atoms with Crippen molar-refractivity contribution < 1.29 is 0 Å². The predicted octanol–water partition coefficient (Wildman–Crippen LogP) is 14.0. The van der Waals surface area contributed by atoms with Crippen molar-refractivity contribution in [2.45, 2.75) is 0 Å². The molecule has 0 bridgehead atoms. The Bertz CT molecular complexity index is 4130. The lowest BCUT2D eigenvalue weighted by molar-refractivity contribution is 1.13. The minimum atomic E-state index is -3.05. The summed E-state index contributed by atoms with van der Waals surface area (Å²) in [5, 5.41) is 12.8. The van der Waals surface area contributed by atoms with Gasteiger partial charge >= 0.3 is 0 Å². The zero-order chi connectivity index (χ0) is 46.2. The van der Waals surface area contributed by atoms with Gasteiger partial charge in [0.2, 0.25) is 0 Å². The first-order valence-electron chi connectivity index (χ1n) is 24.2. The van der Waals surface area contributed by atoms with Gasteiger partial charge in [-0.2, -0.15) is 0 Å². The van der Waals surface area contributed by atoms with E-state index in [9.17, 15) is 0 Å². The molecule has 0 radical (unpaired) electrons. The fourth-order valence-corrected chi connectivity index (χ4v) is 17.0. The molecule has 0 spiro atoms. The molecule has 328 valence electrons. The first-order chi connectivity index (χ1) is 34.8. The lowest BCUT2D eigenvalue weighted by Gasteiger charge is -2.35. The summed E-state index contributed by atoms with van der Waals surface area (Å²) < 4.78 is 7.56. The van der Waals surface area contributed by atoms with Crippen LogP contribution in [0.2, 0.25) is 0 Å². The van der Waals surface area contributed by atoms with E-state index in [0.29, 0.717) is 0 Å². The third kappa shape index (κ3) is 5.87. The summed E-state index contributed by atoms with van der Waals surface area (Å²) in [5.41, 5.74) is 12.8.